The van der Waals surface area contributed by atoms with Gasteiger partial charge in [0.15, 0.2) is 0 Å². The third-order valence-corrected chi connectivity index (χ3v) is 8.09. The van der Waals surface area contributed by atoms with Crippen LogP contribution in [-0.2, 0) is 26.2 Å². The van der Waals surface area contributed by atoms with Crippen molar-refractivity contribution >= 4 is 27.5 Å². The molecule has 0 spiro atoms. The Labute approximate surface area is 231 Å². The van der Waals surface area contributed by atoms with Gasteiger partial charge in [-0.1, -0.05) is 31.4 Å². The smallest absolute Gasteiger partial charge is 0.244 e. The monoisotopic (exact) mass is 561 g/mol. The number of nitrogens with zero attached hydrogens (tertiary/aromatic N) is 2. The first-order valence-electron chi connectivity index (χ1n) is 13.0. The fourth-order valence-electron chi connectivity index (χ4n) is 4.66. The van der Waals surface area contributed by atoms with Crippen LogP contribution in [0.1, 0.15) is 44.6 Å². The maximum atomic E-state index is 13.8. The number of anilines is 1. The van der Waals surface area contributed by atoms with Crippen LogP contribution in [0.15, 0.2) is 42.5 Å². The first-order chi connectivity index (χ1) is 18.6. The average molecular weight is 562 g/mol. The fraction of sp³-hybridized carbons (Fsp3) is 0.500. The van der Waals surface area contributed by atoms with Crippen molar-refractivity contribution < 1.29 is 32.2 Å². The van der Waals surface area contributed by atoms with Crippen LogP contribution in [0.25, 0.3) is 0 Å². The number of sulfonamides is 1. The van der Waals surface area contributed by atoms with Gasteiger partial charge >= 0.3 is 0 Å². The van der Waals surface area contributed by atoms with Crippen molar-refractivity contribution in [1.82, 2.24) is 10.2 Å². The molecular weight excluding hydrogens is 522 g/mol. The number of benzene rings is 2. The number of methoxy groups -OCH3 is 3. The second kappa shape index (κ2) is 13.5. The number of amides is 2. The van der Waals surface area contributed by atoms with E-state index in [0.717, 1.165) is 48.2 Å². The number of hydrogen-bond acceptors (Lipinski definition) is 7. The van der Waals surface area contributed by atoms with Crippen LogP contribution in [0.5, 0.6) is 17.2 Å². The molecule has 1 fully saturated rings. The minimum absolute atomic E-state index is 0.0720. The topological polar surface area (TPSA) is 114 Å². The standard InChI is InChI=1S/C28H39N3O7S/c1-20(28(33)29-22-9-7-6-8-10-22)30(18-21-11-13-23(36-2)14-12-21)27(32)19-31(39(5,34)35)25-16-15-24(37-3)17-26(25)38-4/h11-17,20,22H,6-10,18-19H2,1-5H3,(H,29,33)/t20-/m0/s1. The van der Waals surface area contributed by atoms with E-state index in [-0.39, 0.29) is 29.9 Å². The Balaban J connectivity index is 1.92. The molecule has 0 aromatic heterocycles. The van der Waals surface area contributed by atoms with E-state index in [9.17, 15) is 18.0 Å². The summed E-state index contributed by atoms with van der Waals surface area (Å²) in [6, 6.07) is 11.1. The van der Waals surface area contributed by atoms with Crippen LogP contribution in [0.3, 0.4) is 0 Å². The second-order valence-electron chi connectivity index (χ2n) is 9.70. The summed E-state index contributed by atoms with van der Waals surface area (Å²) < 4.78 is 42.6. The fourth-order valence-corrected chi connectivity index (χ4v) is 5.52. The van der Waals surface area contributed by atoms with Gasteiger partial charge < -0.3 is 24.4 Å². The average Bonchev–Trinajstić information content (AvgIpc) is 2.94. The largest absolute Gasteiger partial charge is 0.497 e. The van der Waals surface area contributed by atoms with Crippen molar-refractivity contribution in [2.24, 2.45) is 0 Å². The molecule has 1 atom stereocenters. The highest BCUT2D eigenvalue weighted by molar-refractivity contribution is 7.92. The molecule has 39 heavy (non-hydrogen) atoms. The first kappa shape index (κ1) is 30.1. The van der Waals surface area contributed by atoms with Crippen LogP contribution in [-0.4, -0.2) is 71.3 Å². The van der Waals surface area contributed by atoms with Crippen LogP contribution < -0.4 is 23.8 Å². The second-order valence-corrected chi connectivity index (χ2v) is 11.6. The number of rotatable bonds is 12. The van der Waals surface area contributed by atoms with Gasteiger partial charge in [0.05, 0.1) is 33.3 Å². The summed E-state index contributed by atoms with van der Waals surface area (Å²) in [7, 11) is 0.564. The molecule has 10 nitrogen and oxygen atoms in total. The van der Waals surface area contributed by atoms with Gasteiger partial charge in [0, 0.05) is 18.7 Å². The summed E-state index contributed by atoms with van der Waals surface area (Å²) in [6.45, 7) is 1.26. The van der Waals surface area contributed by atoms with E-state index in [1.807, 2.05) is 12.1 Å². The Kier molecular flexibility index (Phi) is 10.4. The third kappa shape index (κ3) is 8.01. The molecule has 11 heteroatoms. The van der Waals surface area contributed by atoms with Crippen LogP contribution in [0, 0.1) is 0 Å². The summed E-state index contributed by atoms with van der Waals surface area (Å²) in [4.78, 5) is 28.5. The van der Waals surface area contributed by atoms with Crippen molar-refractivity contribution in [3.63, 3.8) is 0 Å². The quantitative estimate of drug-likeness (QED) is 0.423. The molecule has 2 amide bonds. The van der Waals surface area contributed by atoms with E-state index >= 15 is 0 Å². The molecular formula is C28H39N3O7S. The van der Waals surface area contributed by atoms with Gasteiger partial charge in [-0.15, -0.1) is 0 Å². The van der Waals surface area contributed by atoms with Gasteiger partial charge in [0.25, 0.3) is 0 Å². The molecule has 0 saturated heterocycles. The van der Waals surface area contributed by atoms with E-state index in [1.54, 1.807) is 38.3 Å². The summed E-state index contributed by atoms with van der Waals surface area (Å²) >= 11 is 0. The lowest BCUT2D eigenvalue weighted by molar-refractivity contribution is -0.139. The highest BCUT2D eigenvalue weighted by Crippen LogP contribution is 2.33. The molecule has 1 aliphatic carbocycles. The predicted molar refractivity (Wildman–Crippen MR) is 150 cm³/mol. The van der Waals surface area contributed by atoms with E-state index < -0.39 is 28.5 Å². The SMILES string of the molecule is COc1ccc(CN(C(=O)CN(c2ccc(OC)cc2OC)S(C)(=O)=O)[C@@H](C)C(=O)NC2CCCCC2)cc1. The Morgan fingerprint density at radius 2 is 1.56 bits per heavy atom. The molecule has 0 unspecified atom stereocenters. The Hall–Kier alpha value is -3.47. The minimum atomic E-state index is -3.90. The van der Waals surface area contributed by atoms with Crippen LogP contribution in [0.4, 0.5) is 5.69 Å². The maximum absolute atomic E-state index is 13.8. The Bertz CT molecular complexity index is 1230. The van der Waals surface area contributed by atoms with Crippen molar-refractivity contribution in [1.29, 1.82) is 0 Å². The van der Waals surface area contributed by atoms with E-state index in [2.05, 4.69) is 5.32 Å². The highest BCUT2D eigenvalue weighted by Gasteiger charge is 2.32. The van der Waals surface area contributed by atoms with Gasteiger partial charge in [0.2, 0.25) is 21.8 Å². The molecule has 3 rings (SSSR count). The summed E-state index contributed by atoms with van der Waals surface area (Å²) in [5.74, 6) is 0.577. The minimum Gasteiger partial charge on any atom is -0.497 e. The molecule has 0 bridgehead atoms. The molecule has 1 aliphatic rings. The van der Waals surface area contributed by atoms with Crippen LogP contribution in [0.2, 0.25) is 0 Å². The molecule has 0 heterocycles. The number of hydrogen-bond donors (Lipinski definition) is 1. The van der Waals surface area contributed by atoms with Crippen molar-refractivity contribution in [3.05, 3.63) is 48.0 Å². The zero-order chi connectivity index (χ0) is 28.6. The Morgan fingerprint density at radius 3 is 2.13 bits per heavy atom. The van der Waals surface area contributed by atoms with Gasteiger partial charge in [-0.25, -0.2) is 8.42 Å². The van der Waals surface area contributed by atoms with Gasteiger partial charge in [0.1, 0.15) is 29.8 Å². The predicted octanol–water partition coefficient (Wildman–Crippen LogP) is 3.34. The van der Waals surface area contributed by atoms with Crippen molar-refractivity contribution in [3.8, 4) is 17.2 Å². The van der Waals surface area contributed by atoms with Gasteiger partial charge in [-0.05, 0) is 49.6 Å². The van der Waals surface area contributed by atoms with Crippen molar-refractivity contribution in [2.45, 2.75) is 57.7 Å². The lowest BCUT2D eigenvalue weighted by atomic mass is 9.95. The molecule has 1 saturated carbocycles. The molecule has 1 N–H and O–H groups in total. The van der Waals surface area contributed by atoms with E-state index in [1.165, 1.54) is 25.2 Å². The summed E-state index contributed by atoms with van der Waals surface area (Å²) in [6.07, 6.45) is 6.10. The molecule has 2 aromatic rings. The summed E-state index contributed by atoms with van der Waals surface area (Å²) in [5, 5.41) is 3.09. The number of nitrogens with one attached hydrogen (secondary N) is 1. The normalized spacial score (nSPS) is 14.7. The molecule has 2 aromatic carbocycles. The number of carbonyl (C=O) groups is 2. The zero-order valence-electron chi connectivity index (χ0n) is 23.3. The molecule has 214 valence electrons. The summed E-state index contributed by atoms with van der Waals surface area (Å²) in [5.41, 5.74) is 0.965. The molecule has 0 radical (unpaired) electrons. The third-order valence-electron chi connectivity index (χ3n) is 6.97. The number of carbonyl (C=O) groups excluding carboxylic acids is 2. The van der Waals surface area contributed by atoms with Gasteiger partial charge in [-0.3, -0.25) is 13.9 Å². The van der Waals surface area contributed by atoms with E-state index in [4.69, 9.17) is 14.2 Å². The molecule has 0 aliphatic heterocycles. The Morgan fingerprint density at radius 1 is 0.949 bits per heavy atom. The van der Waals surface area contributed by atoms with E-state index in [0.29, 0.717) is 11.5 Å². The highest BCUT2D eigenvalue weighted by atomic mass is 32.2. The maximum Gasteiger partial charge on any atom is 0.244 e. The van der Waals surface area contributed by atoms with Gasteiger partial charge in [-0.2, -0.15) is 0 Å². The first-order valence-corrected chi connectivity index (χ1v) is 14.8. The van der Waals surface area contributed by atoms with Crippen LogP contribution >= 0.6 is 0 Å². The lowest BCUT2D eigenvalue weighted by Gasteiger charge is -2.33. The van der Waals surface area contributed by atoms with Crippen molar-refractivity contribution in [2.75, 3.05) is 38.4 Å². The zero-order valence-corrected chi connectivity index (χ0v) is 24.1. The number of ether oxygens (including phenoxy) is 3. The lowest BCUT2D eigenvalue weighted by Crippen LogP contribution is -2.53.